The number of nitrogens with one attached hydrogen (secondary N) is 2. The monoisotopic (exact) mass is 345 g/mol. The highest BCUT2D eigenvalue weighted by Crippen LogP contribution is 2.26. The van der Waals surface area contributed by atoms with Gasteiger partial charge in [0.05, 0.1) is 5.75 Å². The van der Waals surface area contributed by atoms with Crippen LogP contribution in [0.1, 0.15) is 59.3 Å². The predicted molar refractivity (Wildman–Crippen MR) is 98.6 cm³/mol. The summed E-state index contributed by atoms with van der Waals surface area (Å²) in [4.78, 5) is 4.31. The van der Waals surface area contributed by atoms with Gasteiger partial charge in [-0.1, -0.05) is 27.2 Å². The molecule has 1 rings (SSSR count). The maximum atomic E-state index is 11.3. The molecule has 0 aromatic heterocycles. The quantitative estimate of drug-likeness (QED) is 0.549. The maximum Gasteiger partial charge on any atom is 0.191 e. The molecule has 0 radical (unpaired) electrons. The van der Waals surface area contributed by atoms with Crippen molar-refractivity contribution in [1.29, 1.82) is 0 Å². The molecule has 0 amide bonds. The first-order valence-electron chi connectivity index (χ1n) is 8.80. The highest BCUT2D eigenvalue weighted by Gasteiger charge is 2.23. The summed E-state index contributed by atoms with van der Waals surface area (Å²) >= 11 is 0. The number of guanidine groups is 1. The number of hydrogen-bond acceptors (Lipinski definition) is 3. The third-order valence-corrected chi connectivity index (χ3v) is 5.82. The second-order valence-corrected chi connectivity index (χ2v) is 10.00. The van der Waals surface area contributed by atoms with Gasteiger partial charge in [0, 0.05) is 25.9 Å². The van der Waals surface area contributed by atoms with Crippen molar-refractivity contribution in [1.82, 2.24) is 10.6 Å². The molecule has 1 aliphatic carbocycles. The lowest BCUT2D eigenvalue weighted by atomic mass is 9.84. The van der Waals surface area contributed by atoms with E-state index in [2.05, 4.69) is 36.4 Å². The molecule has 0 unspecified atom stereocenters. The topological polar surface area (TPSA) is 70.6 Å². The lowest BCUT2D eigenvalue weighted by molar-refractivity contribution is 0.301. The molecule has 0 atom stereocenters. The van der Waals surface area contributed by atoms with E-state index in [4.69, 9.17) is 0 Å². The Bertz CT molecular complexity index is 478. The van der Waals surface area contributed by atoms with Crippen LogP contribution in [-0.2, 0) is 9.84 Å². The number of sulfone groups is 1. The molecule has 1 fully saturated rings. The van der Waals surface area contributed by atoms with Crippen molar-refractivity contribution in [2.45, 2.75) is 65.3 Å². The average Bonchev–Trinajstić information content (AvgIpc) is 2.49. The van der Waals surface area contributed by atoms with Crippen molar-refractivity contribution in [3.05, 3.63) is 0 Å². The SMILES string of the molecule is CCC1CCC(NC(=NC)NCC(C)(C)CCS(C)(=O)=O)CC1. The van der Waals surface area contributed by atoms with Gasteiger partial charge in [-0.3, -0.25) is 4.99 Å². The van der Waals surface area contributed by atoms with E-state index < -0.39 is 9.84 Å². The van der Waals surface area contributed by atoms with Crippen LogP contribution in [-0.4, -0.2) is 46.0 Å². The van der Waals surface area contributed by atoms with Crippen LogP contribution in [0.15, 0.2) is 4.99 Å². The van der Waals surface area contributed by atoms with Crippen LogP contribution in [0.4, 0.5) is 0 Å². The molecule has 0 aromatic rings. The van der Waals surface area contributed by atoms with Crippen molar-refractivity contribution < 1.29 is 8.42 Å². The zero-order chi connectivity index (χ0) is 17.5. The summed E-state index contributed by atoms with van der Waals surface area (Å²) in [6.45, 7) is 7.17. The molecule has 0 saturated heterocycles. The summed E-state index contributed by atoms with van der Waals surface area (Å²) in [6, 6.07) is 0.503. The molecule has 0 aromatic carbocycles. The molecular formula is C17H35N3O2S. The lowest BCUT2D eigenvalue weighted by Crippen LogP contribution is -2.47. The van der Waals surface area contributed by atoms with Gasteiger partial charge in [-0.15, -0.1) is 0 Å². The van der Waals surface area contributed by atoms with E-state index in [1.54, 1.807) is 7.05 Å². The third-order valence-electron chi connectivity index (χ3n) is 4.87. The minimum Gasteiger partial charge on any atom is -0.356 e. The van der Waals surface area contributed by atoms with Crippen molar-refractivity contribution in [3.8, 4) is 0 Å². The van der Waals surface area contributed by atoms with Crippen LogP contribution < -0.4 is 10.6 Å². The van der Waals surface area contributed by atoms with Gasteiger partial charge >= 0.3 is 0 Å². The molecule has 1 aliphatic rings. The fourth-order valence-electron chi connectivity index (χ4n) is 2.98. The van der Waals surface area contributed by atoms with Gasteiger partial charge in [0.1, 0.15) is 9.84 Å². The zero-order valence-electron chi connectivity index (χ0n) is 15.5. The lowest BCUT2D eigenvalue weighted by Gasteiger charge is -2.31. The molecule has 2 N–H and O–H groups in total. The van der Waals surface area contributed by atoms with Crippen molar-refractivity contribution >= 4 is 15.8 Å². The summed E-state index contributed by atoms with van der Waals surface area (Å²) < 4.78 is 22.7. The number of rotatable bonds is 7. The molecule has 0 aliphatic heterocycles. The molecule has 6 heteroatoms. The smallest absolute Gasteiger partial charge is 0.191 e. The second kappa shape index (κ2) is 8.90. The Morgan fingerprint density at radius 2 is 1.83 bits per heavy atom. The van der Waals surface area contributed by atoms with Crippen LogP contribution in [0.5, 0.6) is 0 Å². The van der Waals surface area contributed by atoms with Crippen LogP contribution in [0.3, 0.4) is 0 Å². The fraction of sp³-hybridized carbons (Fsp3) is 0.941. The van der Waals surface area contributed by atoms with Crippen LogP contribution in [0, 0.1) is 11.3 Å². The molecule has 136 valence electrons. The molecule has 5 nitrogen and oxygen atoms in total. The van der Waals surface area contributed by atoms with Gasteiger partial charge in [-0.2, -0.15) is 0 Å². The second-order valence-electron chi connectivity index (χ2n) is 7.74. The minimum absolute atomic E-state index is 0.0828. The summed E-state index contributed by atoms with van der Waals surface area (Å²) in [5.74, 6) is 1.95. The molecule has 1 saturated carbocycles. The largest absolute Gasteiger partial charge is 0.356 e. The summed E-state index contributed by atoms with van der Waals surface area (Å²) in [5.41, 5.74) is -0.0828. The molecule has 0 heterocycles. The zero-order valence-corrected chi connectivity index (χ0v) is 16.3. The first-order chi connectivity index (χ1) is 10.6. The Kier molecular flexibility index (Phi) is 7.84. The van der Waals surface area contributed by atoms with Gasteiger partial charge in [0.25, 0.3) is 0 Å². The third kappa shape index (κ3) is 8.58. The van der Waals surface area contributed by atoms with Crippen LogP contribution in [0.2, 0.25) is 0 Å². The minimum atomic E-state index is -2.91. The van der Waals surface area contributed by atoms with E-state index in [-0.39, 0.29) is 11.2 Å². The predicted octanol–water partition coefficient (Wildman–Crippen LogP) is 2.58. The molecule has 0 spiro atoms. The van der Waals surface area contributed by atoms with Gasteiger partial charge in [-0.05, 0) is 43.4 Å². The van der Waals surface area contributed by atoms with E-state index in [9.17, 15) is 8.42 Å². The van der Waals surface area contributed by atoms with E-state index in [1.165, 1.54) is 38.4 Å². The van der Waals surface area contributed by atoms with Crippen LogP contribution in [0.25, 0.3) is 0 Å². The van der Waals surface area contributed by atoms with Gasteiger partial charge < -0.3 is 10.6 Å². The molecular weight excluding hydrogens is 310 g/mol. The van der Waals surface area contributed by atoms with E-state index in [0.717, 1.165) is 11.9 Å². The number of hydrogen-bond donors (Lipinski definition) is 2. The normalized spacial score (nSPS) is 23.6. The van der Waals surface area contributed by atoms with Gasteiger partial charge in [0.15, 0.2) is 5.96 Å². The van der Waals surface area contributed by atoms with Gasteiger partial charge in [-0.25, -0.2) is 8.42 Å². The Hall–Kier alpha value is -0.780. The standard InChI is InChI=1S/C17H35N3O2S/c1-6-14-7-9-15(10-8-14)20-16(18-4)19-13-17(2,3)11-12-23(5,21)22/h14-15H,6-13H2,1-5H3,(H2,18,19,20). The highest BCUT2D eigenvalue weighted by molar-refractivity contribution is 7.90. The Morgan fingerprint density at radius 3 is 2.30 bits per heavy atom. The highest BCUT2D eigenvalue weighted by atomic mass is 32.2. The van der Waals surface area contributed by atoms with E-state index in [0.29, 0.717) is 19.0 Å². The average molecular weight is 346 g/mol. The van der Waals surface area contributed by atoms with Gasteiger partial charge in [0.2, 0.25) is 0 Å². The van der Waals surface area contributed by atoms with Crippen molar-refractivity contribution in [2.75, 3.05) is 25.6 Å². The van der Waals surface area contributed by atoms with E-state index >= 15 is 0 Å². The summed E-state index contributed by atoms with van der Waals surface area (Å²) in [7, 11) is -1.12. The Labute approximate surface area is 142 Å². The Balaban J connectivity index is 2.39. The molecule has 0 bridgehead atoms. The maximum absolute atomic E-state index is 11.3. The van der Waals surface area contributed by atoms with Crippen LogP contribution >= 0.6 is 0 Å². The molecule has 23 heavy (non-hydrogen) atoms. The summed E-state index contributed by atoms with van der Waals surface area (Å²) in [5, 5.41) is 6.88. The first-order valence-corrected chi connectivity index (χ1v) is 10.9. The number of nitrogens with zero attached hydrogens (tertiary/aromatic N) is 1. The summed E-state index contributed by atoms with van der Waals surface area (Å²) in [6.07, 6.45) is 8.23. The first kappa shape index (κ1) is 20.3. The van der Waals surface area contributed by atoms with E-state index in [1.807, 2.05) is 0 Å². The fourth-order valence-corrected chi connectivity index (χ4v) is 3.90. The van der Waals surface area contributed by atoms with Crippen molar-refractivity contribution in [2.24, 2.45) is 16.3 Å². The number of aliphatic imine (C=N–C) groups is 1. The Morgan fingerprint density at radius 1 is 1.22 bits per heavy atom. The van der Waals surface area contributed by atoms with Crippen molar-refractivity contribution in [3.63, 3.8) is 0 Å².